The first kappa shape index (κ1) is 19.0. The molecule has 140 valence electrons. The second-order valence-electron chi connectivity index (χ2n) is 6.71. The normalized spacial score (nSPS) is 20.7. The van der Waals surface area contributed by atoms with Gasteiger partial charge in [-0.25, -0.2) is 8.42 Å². The van der Waals surface area contributed by atoms with E-state index in [9.17, 15) is 13.6 Å². The predicted molar refractivity (Wildman–Crippen MR) is 102 cm³/mol. The largest absolute Gasteiger partial charge is 0.619 e. The fraction of sp³-hybridized carbons (Fsp3) is 0.389. The van der Waals surface area contributed by atoms with Crippen molar-refractivity contribution in [2.75, 3.05) is 12.3 Å². The highest BCUT2D eigenvalue weighted by atomic mass is 32.2. The van der Waals surface area contributed by atoms with E-state index < -0.39 is 10.0 Å². The molecule has 3 rings (SSSR count). The van der Waals surface area contributed by atoms with Crippen LogP contribution >= 0.6 is 11.8 Å². The highest BCUT2D eigenvalue weighted by Gasteiger charge is 2.41. The first-order valence-corrected chi connectivity index (χ1v) is 10.8. The zero-order valence-corrected chi connectivity index (χ0v) is 16.6. The van der Waals surface area contributed by atoms with Crippen molar-refractivity contribution in [2.24, 2.45) is 0 Å². The summed E-state index contributed by atoms with van der Waals surface area (Å²) in [5, 5.41) is 11.0. The highest BCUT2D eigenvalue weighted by molar-refractivity contribution is 8.00. The molecule has 0 spiro atoms. The van der Waals surface area contributed by atoms with Crippen LogP contribution in [0.2, 0.25) is 0 Å². The summed E-state index contributed by atoms with van der Waals surface area (Å²) in [6.45, 7) is 6.62. The number of pyridine rings is 1. The van der Waals surface area contributed by atoms with Crippen LogP contribution in [0.4, 0.5) is 0 Å². The van der Waals surface area contributed by atoms with Crippen molar-refractivity contribution < 1.29 is 17.9 Å². The molecule has 1 atom stereocenters. The molecule has 8 heteroatoms. The number of hydrogen-bond acceptors (Lipinski definition) is 5. The molecule has 1 saturated heterocycles. The Morgan fingerprint density at radius 2 is 1.73 bits per heavy atom. The smallest absolute Gasteiger partial charge is 0.243 e. The molecular weight excluding hydrogens is 372 g/mol. The molecule has 1 aromatic carbocycles. The number of sulfonamides is 1. The third-order valence-electron chi connectivity index (χ3n) is 4.66. The number of benzene rings is 1. The maximum absolute atomic E-state index is 13.0. The lowest BCUT2D eigenvalue weighted by atomic mass is 10.1. The maximum atomic E-state index is 13.0. The van der Waals surface area contributed by atoms with Gasteiger partial charge in [-0.15, -0.1) is 0 Å². The second kappa shape index (κ2) is 7.09. The van der Waals surface area contributed by atoms with E-state index in [0.717, 1.165) is 5.75 Å². The SMILES string of the molecule is CC1N(S(=O)(=O)c2ccc(Oc3cc[n+]([O-])cc3)cc2)CCSC1(C)C. The Bertz CT molecular complexity index is 865. The van der Waals surface area contributed by atoms with Crippen molar-refractivity contribution in [3.63, 3.8) is 0 Å². The molecule has 0 saturated carbocycles. The summed E-state index contributed by atoms with van der Waals surface area (Å²) in [5.41, 5.74) is 0. The molecule has 6 nitrogen and oxygen atoms in total. The molecule has 1 fully saturated rings. The number of aromatic nitrogens is 1. The standard InChI is InChI=1S/C18H22N2O4S2/c1-14-18(2,3)25-13-12-20(14)26(22,23)17-6-4-15(5-7-17)24-16-8-10-19(21)11-9-16/h4-11,14H,12-13H2,1-3H3. The Hall–Kier alpha value is -1.77. The lowest BCUT2D eigenvalue weighted by molar-refractivity contribution is -0.605. The van der Waals surface area contributed by atoms with Crippen molar-refractivity contribution in [2.45, 2.75) is 36.5 Å². The summed E-state index contributed by atoms with van der Waals surface area (Å²) < 4.78 is 33.8. The molecule has 1 aromatic heterocycles. The quantitative estimate of drug-likeness (QED) is 0.589. The summed E-state index contributed by atoms with van der Waals surface area (Å²) >= 11 is 1.80. The maximum Gasteiger partial charge on any atom is 0.243 e. The fourth-order valence-electron chi connectivity index (χ4n) is 2.81. The Morgan fingerprint density at radius 3 is 2.35 bits per heavy atom. The summed E-state index contributed by atoms with van der Waals surface area (Å²) in [6, 6.07) is 9.37. The average Bonchev–Trinajstić information content (AvgIpc) is 2.60. The summed E-state index contributed by atoms with van der Waals surface area (Å²) in [6.07, 6.45) is 2.68. The van der Waals surface area contributed by atoms with Crippen LogP contribution in [-0.2, 0) is 10.0 Å². The topological polar surface area (TPSA) is 73.5 Å². The Kier molecular flexibility index (Phi) is 5.18. The number of ether oxygens (including phenoxy) is 1. The van der Waals surface area contributed by atoms with Crippen LogP contribution < -0.4 is 9.47 Å². The van der Waals surface area contributed by atoms with Gasteiger partial charge in [0.2, 0.25) is 10.0 Å². The number of nitrogens with zero attached hydrogens (tertiary/aromatic N) is 2. The van der Waals surface area contributed by atoms with Crippen LogP contribution in [0.1, 0.15) is 20.8 Å². The van der Waals surface area contributed by atoms with Gasteiger partial charge in [0, 0.05) is 35.2 Å². The molecule has 1 aliphatic rings. The van der Waals surface area contributed by atoms with Gasteiger partial charge in [0.15, 0.2) is 12.4 Å². The Balaban J connectivity index is 1.79. The molecule has 0 amide bonds. The van der Waals surface area contributed by atoms with E-state index in [1.54, 1.807) is 52.5 Å². The fourth-order valence-corrected chi connectivity index (χ4v) is 5.93. The Morgan fingerprint density at radius 1 is 1.15 bits per heavy atom. The number of hydrogen-bond donors (Lipinski definition) is 0. The van der Waals surface area contributed by atoms with E-state index in [2.05, 4.69) is 13.8 Å². The lowest BCUT2D eigenvalue weighted by Crippen LogP contribution is -2.53. The van der Waals surface area contributed by atoms with E-state index in [0.29, 0.717) is 22.8 Å². The molecule has 1 aliphatic heterocycles. The monoisotopic (exact) mass is 394 g/mol. The van der Waals surface area contributed by atoms with Crippen LogP contribution in [-0.4, -0.2) is 35.8 Å². The van der Waals surface area contributed by atoms with Crippen molar-refractivity contribution in [1.82, 2.24) is 4.31 Å². The van der Waals surface area contributed by atoms with Crippen LogP contribution in [0.25, 0.3) is 0 Å². The summed E-state index contributed by atoms with van der Waals surface area (Å²) in [7, 11) is -3.56. The van der Waals surface area contributed by atoms with Crippen molar-refractivity contribution in [1.29, 1.82) is 0 Å². The second-order valence-corrected chi connectivity index (χ2v) is 10.4. The van der Waals surface area contributed by atoms with Crippen molar-refractivity contribution in [3.05, 3.63) is 54.0 Å². The molecule has 0 aliphatic carbocycles. The number of thioether (sulfide) groups is 1. The molecule has 0 N–H and O–H groups in total. The van der Waals surface area contributed by atoms with Gasteiger partial charge >= 0.3 is 0 Å². The number of rotatable bonds is 4. The molecular formula is C18H22N2O4S2. The van der Waals surface area contributed by atoms with Gasteiger partial charge in [-0.05, 0) is 45.0 Å². The average molecular weight is 395 g/mol. The minimum absolute atomic E-state index is 0.0923. The summed E-state index contributed by atoms with van der Waals surface area (Å²) in [5.74, 6) is 1.80. The molecule has 1 unspecified atom stereocenters. The molecule has 2 aromatic rings. The highest BCUT2D eigenvalue weighted by Crippen LogP contribution is 2.38. The van der Waals surface area contributed by atoms with E-state index in [1.807, 2.05) is 6.92 Å². The van der Waals surface area contributed by atoms with Crippen LogP contribution in [0.15, 0.2) is 53.7 Å². The third kappa shape index (κ3) is 3.82. The third-order valence-corrected chi connectivity index (χ3v) is 8.12. The first-order valence-electron chi connectivity index (χ1n) is 8.33. The van der Waals surface area contributed by atoms with E-state index >= 15 is 0 Å². The minimum atomic E-state index is -3.56. The van der Waals surface area contributed by atoms with Gasteiger partial charge in [-0.1, -0.05) is 0 Å². The minimum Gasteiger partial charge on any atom is -0.619 e. The molecule has 0 radical (unpaired) electrons. The predicted octanol–water partition coefficient (Wildman–Crippen LogP) is 3.02. The molecule has 0 bridgehead atoms. The van der Waals surface area contributed by atoms with Crippen molar-refractivity contribution in [3.8, 4) is 11.5 Å². The van der Waals surface area contributed by atoms with Gasteiger partial charge in [0.05, 0.1) is 4.90 Å². The van der Waals surface area contributed by atoms with Gasteiger partial charge in [0.25, 0.3) is 0 Å². The van der Waals surface area contributed by atoms with Gasteiger partial charge in [-0.2, -0.15) is 20.8 Å². The van der Waals surface area contributed by atoms with Gasteiger partial charge < -0.3 is 9.94 Å². The molecule has 26 heavy (non-hydrogen) atoms. The molecule has 2 heterocycles. The summed E-state index contributed by atoms with van der Waals surface area (Å²) in [4.78, 5) is 0.255. The van der Waals surface area contributed by atoms with Gasteiger partial charge in [0.1, 0.15) is 11.5 Å². The Labute approximate surface area is 158 Å². The lowest BCUT2D eigenvalue weighted by Gasteiger charge is -2.43. The zero-order valence-electron chi connectivity index (χ0n) is 15.0. The van der Waals surface area contributed by atoms with Crippen LogP contribution in [0.5, 0.6) is 11.5 Å². The first-order chi connectivity index (χ1) is 12.2. The van der Waals surface area contributed by atoms with Crippen LogP contribution in [0.3, 0.4) is 0 Å². The zero-order chi connectivity index (χ0) is 18.9. The van der Waals surface area contributed by atoms with E-state index in [1.165, 1.54) is 12.4 Å². The van der Waals surface area contributed by atoms with E-state index in [4.69, 9.17) is 4.74 Å². The van der Waals surface area contributed by atoms with Crippen molar-refractivity contribution >= 4 is 21.8 Å². The van der Waals surface area contributed by atoms with Gasteiger partial charge in [-0.3, -0.25) is 0 Å². The van der Waals surface area contributed by atoms with Crippen LogP contribution in [0, 0.1) is 5.21 Å². The van der Waals surface area contributed by atoms with E-state index in [-0.39, 0.29) is 15.7 Å².